The fourth-order valence-corrected chi connectivity index (χ4v) is 0.720. The Morgan fingerprint density at radius 3 is 1.50 bits per heavy atom. The SMILES string of the molecule is Cc1ccccc1C.OCC(O)CO. The molecule has 3 N–H and O–H groups in total. The number of rotatable bonds is 2. The van der Waals surface area contributed by atoms with Crippen LogP contribution in [0.4, 0.5) is 0 Å². The molecule has 1 aromatic rings. The van der Waals surface area contributed by atoms with Gasteiger partial charge in [0.25, 0.3) is 0 Å². The standard InChI is InChI=1S/C8H10.C3H8O3/c1-7-5-3-4-6-8(7)2;4-1-3(6)2-5/h3-6H,1-2H3;3-6H,1-2H2. The van der Waals surface area contributed by atoms with Crippen LogP contribution in [0.2, 0.25) is 0 Å². The molecular weight excluding hydrogens is 180 g/mol. The molecule has 1 rings (SSSR count). The molecule has 3 heteroatoms. The first kappa shape index (κ1) is 13.1. The van der Waals surface area contributed by atoms with Crippen molar-refractivity contribution in [1.29, 1.82) is 0 Å². The van der Waals surface area contributed by atoms with Crippen LogP contribution in [-0.4, -0.2) is 34.6 Å². The largest absolute Gasteiger partial charge is 0.394 e. The maximum Gasteiger partial charge on any atom is 0.100 e. The third-order valence-corrected chi connectivity index (χ3v) is 1.85. The predicted octanol–water partition coefficient (Wildman–Crippen LogP) is 0.635. The molecule has 14 heavy (non-hydrogen) atoms. The lowest BCUT2D eigenvalue weighted by Crippen LogP contribution is -2.15. The summed E-state index contributed by atoms with van der Waals surface area (Å²) in [6.45, 7) is 3.51. The Labute approximate surface area is 84.6 Å². The highest BCUT2D eigenvalue weighted by molar-refractivity contribution is 5.23. The van der Waals surface area contributed by atoms with Crippen molar-refractivity contribution >= 4 is 0 Å². The third-order valence-electron chi connectivity index (χ3n) is 1.85. The summed E-state index contributed by atoms with van der Waals surface area (Å²) >= 11 is 0. The second-order valence-electron chi connectivity index (χ2n) is 3.10. The van der Waals surface area contributed by atoms with E-state index in [9.17, 15) is 0 Å². The molecule has 0 fully saturated rings. The van der Waals surface area contributed by atoms with Crippen LogP contribution in [0.25, 0.3) is 0 Å². The molecule has 0 radical (unpaired) electrons. The van der Waals surface area contributed by atoms with Gasteiger partial charge in [0.2, 0.25) is 0 Å². The van der Waals surface area contributed by atoms with Crippen molar-refractivity contribution in [3.63, 3.8) is 0 Å². The monoisotopic (exact) mass is 198 g/mol. The molecule has 0 bridgehead atoms. The fraction of sp³-hybridized carbons (Fsp3) is 0.455. The maximum atomic E-state index is 8.17. The lowest BCUT2D eigenvalue weighted by molar-refractivity contribution is 0.0450. The first-order chi connectivity index (χ1) is 6.61. The topological polar surface area (TPSA) is 60.7 Å². The maximum absolute atomic E-state index is 8.17. The molecular formula is C11H18O3. The van der Waals surface area contributed by atoms with Gasteiger partial charge in [0, 0.05) is 0 Å². The van der Waals surface area contributed by atoms with E-state index in [1.165, 1.54) is 11.1 Å². The Morgan fingerprint density at radius 1 is 1.00 bits per heavy atom. The summed E-state index contributed by atoms with van der Waals surface area (Å²) < 4.78 is 0. The van der Waals surface area contributed by atoms with Gasteiger partial charge in [-0.2, -0.15) is 0 Å². The first-order valence-corrected chi connectivity index (χ1v) is 4.53. The van der Waals surface area contributed by atoms with Crippen molar-refractivity contribution in [3.8, 4) is 0 Å². The summed E-state index contributed by atoms with van der Waals surface area (Å²) in [5.41, 5.74) is 2.74. The second-order valence-corrected chi connectivity index (χ2v) is 3.10. The van der Waals surface area contributed by atoms with E-state index in [2.05, 4.69) is 38.1 Å². The van der Waals surface area contributed by atoms with Crippen LogP contribution >= 0.6 is 0 Å². The second kappa shape index (κ2) is 7.50. The zero-order valence-electron chi connectivity index (χ0n) is 8.64. The molecule has 0 aliphatic rings. The van der Waals surface area contributed by atoms with Gasteiger partial charge in [-0.1, -0.05) is 24.3 Å². The minimum absolute atomic E-state index is 0.365. The molecule has 0 heterocycles. The van der Waals surface area contributed by atoms with E-state index >= 15 is 0 Å². The van der Waals surface area contributed by atoms with Gasteiger partial charge < -0.3 is 15.3 Å². The molecule has 0 atom stereocenters. The zero-order chi connectivity index (χ0) is 11.0. The van der Waals surface area contributed by atoms with E-state index in [1.807, 2.05) is 0 Å². The smallest absolute Gasteiger partial charge is 0.100 e. The number of aliphatic hydroxyl groups excluding tert-OH is 3. The van der Waals surface area contributed by atoms with E-state index in [1.54, 1.807) is 0 Å². The van der Waals surface area contributed by atoms with E-state index in [0.29, 0.717) is 0 Å². The van der Waals surface area contributed by atoms with Crippen molar-refractivity contribution in [2.75, 3.05) is 13.2 Å². The summed E-state index contributed by atoms with van der Waals surface area (Å²) in [5.74, 6) is 0. The zero-order valence-corrected chi connectivity index (χ0v) is 8.64. The Balaban J connectivity index is 0.000000255. The molecule has 0 saturated carbocycles. The van der Waals surface area contributed by atoms with Crippen LogP contribution in [0.1, 0.15) is 11.1 Å². The number of benzene rings is 1. The van der Waals surface area contributed by atoms with E-state index < -0.39 is 6.10 Å². The predicted molar refractivity (Wildman–Crippen MR) is 56.1 cm³/mol. The average Bonchev–Trinajstić information content (AvgIpc) is 2.22. The number of hydrogen-bond donors (Lipinski definition) is 3. The van der Waals surface area contributed by atoms with Crippen molar-refractivity contribution < 1.29 is 15.3 Å². The van der Waals surface area contributed by atoms with E-state index in [-0.39, 0.29) is 13.2 Å². The summed E-state index contributed by atoms with van der Waals surface area (Å²) in [4.78, 5) is 0. The number of aliphatic hydroxyl groups is 3. The molecule has 0 saturated heterocycles. The van der Waals surface area contributed by atoms with E-state index in [4.69, 9.17) is 15.3 Å². The lowest BCUT2D eigenvalue weighted by atomic mass is 10.1. The Kier molecular flexibility index (Phi) is 7.02. The van der Waals surface area contributed by atoms with Gasteiger partial charge in [0.05, 0.1) is 13.2 Å². The minimum Gasteiger partial charge on any atom is -0.394 e. The van der Waals surface area contributed by atoms with Gasteiger partial charge >= 0.3 is 0 Å². The van der Waals surface area contributed by atoms with Gasteiger partial charge in [0.1, 0.15) is 6.10 Å². The molecule has 0 spiro atoms. The van der Waals surface area contributed by atoms with Crippen molar-refractivity contribution in [2.45, 2.75) is 20.0 Å². The molecule has 3 nitrogen and oxygen atoms in total. The molecule has 0 aliphatic carbocycles. The van der Waals surface area contributed by atoms with Crippen LogP contribution in [-0.2, 0) is 0 Å². The van der Waals surface area contributed by atoms with Gasteiger partial charge in [-0.15, -0.1) is 0 Å². The van der Waals surface area contributed by atoms with Crippen LogP contribution in [0.15, 0.2) is 24.3 Å². The highest BCUT2D eigenvalue weighted by Gasteiger charge is 1.93. The van der Waals surface area contributed by atoms with Gasteiger partial charge in [-0.05, 0) is 25.0 Å². The molecule has 0 amide bonds. The summed E-state index contributed by atoms with van der Waals surface area (Å²) in [6, 6.07) is 8.36. The van der Waals surface area contributed by atoms with Crippen LogP contribution in [0.5, 0.6) is 0 Å². The summed E-state index contributed by atoms with van der Waals surface area (Å²) in [5, 5.41) is 24.0. The Hall–Kier alpha value is -0.900. The fourth-order valence-electron chi connectivity index (χ4n) is 0.720. The minimum atomic E-state index is -0.954. The van der Waals surface area contributed by atoms with Crippen LogP contribution in [0.3, 0.4) is 0 Å². The van der Waals surface area contributed by atoms with Gasteiger partial charge in [-0.3, -0.25) is 0 Å². The average molecular weight is 198 g/mol. The van der Waals surface area contributed by atoms with Crippen molar-refractivity contribution in [3.05, 3.63) is 35.4 Å². The number of hydrogen-bond acceptors (Lipinski definition) is 3. The molecule has 0 aliphatic heterocycles. The van der Waals surface area contributed by atoms with E-state index in [0.717, 1.165) is 0 Å². The van der Waals surface area contributed by atoms with Crippen LogP contribution < -0.4 is 0 Å². The molecule has 0 aromatic heterocycles. The Morgan fingerprint density at radius 2 is 1.36 bits per heavy atom. The van der Waals surface area contributed by atoms with Crippen LogP contribution in [0, 0.1) is 13.8 Å². The third kappa shape index (κ3) is 5.70. The van der Waals surface area contributed by atoms with Crippen molar-refractivity contribution in [2.24, 2.45) is 0 Å². The molecule has 0 unspecified atom stereocenters. The van der Waals surface area contributed by atoms with Crippen molar-refractivity contribution in [1.82, 2.24) is 0 Å². The molecule has 80 valence electrons. The highest BCUT2D eigenvalue weighted by Crippen LogP contribution is 2.02. The normalized spacial score (nSPS) is 9.57. The first-order valence-electron chi connectivity index (χ1n) is 4.53. The summed E-state index contributed by atoms with van der Waals surface area (Å²) in [6.07, 6.45) is -0.954. The highest BCUT2D eigenvalue weighted by atomic mass is 16.3. The quantitative estimate of drug-likeness (QED) is 0.653. The lowest BCUT2D eigenvalue weighted by Gasteiger charge is -1.96. The van der Waals surface area contributed by atoms with Gasteiger partial charge in [0.15, 0.2) is 0 Å². The van der Waals surface area contributed by atoms with Gasteiger partial charge in [-0.25, -0.2) is 0 Å². The molecule has 1 aromatic carbocycles. The Bertz CT molecular complexity index is 223. The number of aryl methyl sites for hydroxylation is 2. The summed E-state index contributed by atoms with van der Waals surface area (Å²) in [7, 11) is 0.